The van der Waals surface area contributed by atoms with Crippen molar-refractivity contribution in [3.8, 4) is 0 Å². The van der Waals surface area contributed by atoms with Crippen LogP contribution in [0.25, 0.3) is 0 Å². The van der Waals surface area contributed by atoms with E-state index in [0.717, 1.165) is 0 Å². The van der Waals surface area contributed by atoms with E-state index in [0.29, 0.717) is 0 Å². The van der Waals surface area contributed by atoms with Gasteiger partial charge in [-0.2, -0.15) is 13.2 Å². The molecular weight excluding hydrogens is 269 g/mol. The van der Waals surface area contributed by atoms with Crippen LogP contribution in [-0.2, 0) is 11.3 Å². The summed E-state index contributed by atoms with van der Waals surface area (Å²) in [5, 5.41) is 12.8. The van der Waals surface area contributed by atoms with Gasteiger partial charge in [-0.25, -0.2) is 4.79 Å². The van der Waals surface area contributed by atoms with Gasteiger partial charge in [0.25, 0.3) is 0 Å². The zero-order chi connectivity index (χ0) is 14.5. The lowest BCUT2D eigenvalue weighted by molar-refractivity contribution is -0.128. The van der Waals surface area contributed by atoms with Gasteiger partial charge in [-0.3, -0.25) is 4.79 Å². The Kier molecular flexibility index (Phi) is 4.93. The Labute approximate surface area is 105 Å². The third-order valence-electron chi connectivity index (χ3n) is 1.94. The first kappa shape index (κ1) is 15.0. The van der Waals surface area contributed by atoms with Gasteiger partial charge in [0.05, 0.1) is 19.6 Å². The number of hydrogen-bond donors (Lipinski definition) is 3. The van der Waals surface area contributed by atoms with Crippen LogP contribution >= 0.6 is 0 Å². The van der Waals surface area contributed by atoms with E-state index in [-0.39, 0.29) is 18.1 Å². The minimum atomic E-state index is -4.38. The molecule has 1 aromatic heterocycles. The lowest BCUT2D eigenvalue weighted by Gasteiger charge is -2.08. The molecule has 0 bridgehead atoms. The zero-order valence-electron chi connectivity index (χ0n) is 9.58. The largest absolute Gasteiger partial charge is 0.475 e. The first-order valence-corrected chi connectivity index (χ1v) is 5.14. The number of carbonyl (C=O) groups is 2. The number of alkyl halides is 3. The van der Waals surface area contributed by atoms with Crippen molar-refractivity contribution < 1.29 is 32.3 Å². The molecule has 0 spiro atoms. The maximum Gasteiger partial charge on any atom is 0.401 e. The van der Waals surface area contributed by atoms with Crippen LogP contribution in [0.1, 0.15) is 16.3 Å². The highest BCUT2D eigenvalue weighted by Gasteiger charge is 2.26. The van der Waals surface area contributed by atoms with Crippen LogP contribution in [0.15, 0.2) is 16.5 Å². The van der Waals surface area contributed by atoms with Gasteiger partial charge in [-0.15, -0.1) is 0 Å². The van der Waals surface area contributed by atoms with Gasteiger partial charge in [0.15, 0.2) is 0 Å². The summed E-state index contributed by atoms with van der Waals surface area (Å²) in [4.78, 5) is 21.6. The van der Waals surface area contributed by atoms with Crippen LogP contribution in [0, 0.1) is 0 Å². The summed E-state index contributed by atoms with van der Waals surface area (Å²) >= 11 is 0. The Bertz CT molecular complexity index is 456. The fraction of sp³-hybridized carbons (Fsp3) is 0.400. The van der Waals surface area contributed by atoms with E-state index in [1.807, 2.05) is 5.32 Å². The van der Waals surface area contributed by atoms with Crippen molar-refractivity contribution in [2.24, 2.45) is 0 Å². The number of halogens is 3. The second-order valence-corrected chi connectivity index (χ2v) is 3.57. The molecule has 0 atom stereocenters. The minimum Gasteiger partial charge on any atom is -0.475 e. The molecule has 106 valence electrons. The molecule has 1 amide bonds. The Hall–Kier alpha value is -2.03. The van der Waals surface area contributed by atoms with E-state index >= 15 is 0 Å². The monoisotopic (exact) mass is 280 g/mol. The lowest BCUT2D eigenvalue weighted by Crippen LogP contribution is -2.37. The van der Waals surface area contributed by atoms with Gasteiger partial charge in [0.1, 0.15) is 5.76 Å². The summed E-state index contributed by atoms with van der Waals surface area (Å²) in [7, 11) is 0. The molecule has 1 heterocycles. The Morgan fingerprint density at radius 1 is 1.32 bits per heavy atom. The molecule has 0 aliphatic carbocycles. The first-order chi connectivity index (χ1) is 8.78. The van der Waals surface area contributed by atoms with Gasteiger partial charge < -0.3 is 20.2 Å². The van der Waals surface area contributed by atoms with Crippen molar-refractivity contribution in [3.05, 3.63) is 23.7 Å². The molecule has 0 aliphatic rings. The molecule has 0 aliphatic heterocycles. The average Bonchev–Trinajstić information content (AvgIpc) is 2.73. The van der Waals surface area contributed by atoms with E-state index in [1.54, 1.807) is 0 Å². The molecular formula is C10H11F3N2O4. The van der Waals surface area contributed by atoms with E-state index in [2.05, 4.69) is 5.32 Å². The molecule has 9 heteroatoms. The quantitative estimate of drug-likeness (QED) is 0.715. The van der Waals surface area contributed by atoms with Crippen molar-refractivity contribution in [1.82, 2.24) is 10.6 Å². The fourth-order valence-corrected chi connectivity index (χ4v) is 1.15. The molecule has 6 nitrogen and oxygen atoms in total. The first-order valence-electron chi connectivity index (χ1n) is 5.14. The number of aromatic carboxylic acids is 1. The molecule has 3 N–H and O–H groups in total. The normalized spacial score (nSPS) is 11.3. The molecule has 1 rings (SSSR count). The number of carboxylic acids is 1. The maximum atomic E-state index is 11.8. The van der Waals surface area contributed by atoms with Crippen LogP contribution in [0.4, 0.5) is 13.2 Å². The lowest BCUT2D eigenvalue weighted by atomic mass is 10.4. The molecule has 0 radical (unpaired) electrons. The maximum absolute atomic E-state index is 11.8. The number of carboxylic acid groups (broad SMARTS) is 1. The Morgan fingerprint density at radius 2 is 2.00 bits per heavy atom. The third kappa shape index (κ3) is 5.91. The zero-order valence-corrected chi connectivity index (χ0v) is 9.58. The Balaban J connectivity index is 2.28. The van der Waals surface area contributed by atoms with E-state index < -0.39 is 31.1 Å². The van der Waals surface area contributed by atoms with Gasteiger partial charge in [-0.1, -0.05) is 0 Å². The summed E-state index contributed by atoms with van der Waals surface area (Å²) in [5.74, 6) is -1.98. The number of furan rings is 1. The predicted molar refractivity (Wildman–Crippen MR) is 56.4 cm³/mol. The Morgan fingerprint density at radius 3 is 2.53 bits per heavy atom. The topological polar surface area (TPSA) is 91.6 Å². The SMILES string of the molecule is O=C(CNCC(F)(F)F)NCc1ccc(C(=O)O)o1. The molecule has 0 saturated carbocycles. The smallest absolute Gasteiger partial charge is 0.401 e. The van der Waals surface area contributed by atoms with Crippen molar-refractivity contribution in [2.45, 2.75) is 12.7 Å². The van der Waals surface area contributed by atoms with Crippen LogP contribution in [0.2, 0.25) is 0 Å². The van der Waals surface area contributed by atoms with Gasteiger partial charge in [0.2, 0.25) is 11.7 Å². The summed E-state index contributed by atoms with van der Waals surface area (Å²) in [6, 6.07) is 2.57. The van der Waals surface area contributed by atoms with Gasteiger partial charge in [0, 0.05) is 0 Å². The second kappa shape index (κ2) is 6.23. The minimum absolute atomic E-state index is 0.0974. The molecule has 0 saturated heterocycles. The van der Waals surface area contributed by atoms with Crippen LogP contribution in [0.5, 0.6) is 0 Å². The summed E-state index contributed by atoms with van der Waals surface area (Å²) < 4.78 is 40.2. The fourth-order valence-electron chi connectivity index (χ4n) is 1.15. The number of hydrogen-bond acceptors (Lipinski definition) is 4. The van der Waals surface area contributed by atoms with Gasteiger partial charge >= 0.3 is 12.1 Å². The number of rotatable bonds is 6. The molecule has 0 aromatic carbocycles. The highest BCUT2D eigenvalue weighted by atomic mass is 19.4. The molecule has 0 unspecified atom stereocenters. The third-order valence-corrected chi connectivity index (χ3v) is 1.94. The molecule has 19 heavy (non-hydrogen) atoms. The van der Waals surface area contributed by atoms with Crippen LogP contribution in [-0.4, -0.2) is 36.2 Å². The van der Waals surface area contributed by atoms with Crippen LogP contribution in [0.3, 0.4) is 0 Å². The second-order valence-electron chi connectivity index (χ2n) is 3.57. The van der Waals surface area contributed by atoms with Gasteiger partial charge in [-0.05, 0) is 12.1 Å². The molecule has 1 aromatic rings. The van der Waals surface area contributed by atoms with E-state index in [4.69, 9.17) is 9.52 Å². The van der Waals surface area contributed by atoms with Crippen molar-refractivity contribution >= 4 is 11.9 Å². The summed E-state index contributed by atoms with van der Waals surface area (Å²) in [6.07, 6.45) is -4.38. The van der Waals surface area contributed by atoms with Crippen LogP contribution < -0.4 is 10.6 Å². The summed E-state index contributed by atoms with van der Waals surface area (Å²) in [6.45, 7) is -1.85. The highest BCUT2D eigenvalue weighted by Crippen LogP contribution is 2.11. The van der Waals surface area contributed by atoms with Crippen molar-refractivity contribution in [1.29, 1.82) is 0 Å². The predicted octanol–water partition coefficient (Wildman–Crippen LogP) is 0.746. The van der Waals surface area contributed by atoms with Crippen molar-refractivity contribution in [2.75, 3.05) is 13.1 Å². The van der Waals surface area contributed by atoms with E-state index in [9.17, 15) is 22.8 Å². The average molecular weight is 280 g/mol. The standard InChI is InChI=1S/C10H11F3N2O4/c11-10(12,13)5-14-4-8(16)15-3-6-1-2-7(19-6)9(17)18/h1-2,14H,3-5H2,(H,15,16)(H,17,18). The van der Waals surface area contributed by atoms with Crippen molar-refractivity contribution in [3.63, 3.8) is 0 Å². The number of carbonyl (C=O) groups excluding carboxylic acids is 1. The number of nitrogens with one attached hydrogen (secondary N) is 2. The highest BCUT2D eigenvalue weighted by molar-refractivity contribution is 5.84. The number of amides is 1. The molecule has 0 fully saturated rings. The van der Waals surface area contributed by atoms with E-state index in [1.165, 1.54) is 12.1 Å². The summed E-state index contributed by atoms with van der Waals surface area (Å²) in [5.41, 5.74) is 0.